The number of aromatic nitrogens is 2. The van der Waals surface area contributed by atoms with Gasteiger partial charge in [0.1, 0.15) is 0 Å². The first-order valence-electron chi connectivity index (χ1n) is 4.72. The minimum atomic E-state index is -0.875. The Morgan fingerprint density at radius 3 is 2.76 bits per heavy atom. The normalized spacial score (nSPS) is 10.5. The highest BCUT2D eigenvalue weighted by Crippen LogP contribution is 2.29. The van der Waals surface area contributed by atoms with E-state index in [1.54, 1.807) is 7.05 Å². The number of anilines is 1. The molecule has 0 bridgehead atoms. The van der Waals surface area contributed by atoms with Crippen LogP contribution in [0.3, 0.4) is 0 Å². The molecule has 1 aromatic heterocycles. The number of halogens is 1. The van der Waals surface area contributed by atoms with Gasteiger partial charge in [-0.15, -0.1) is 0 Å². The Balaban J connectivity index is 2.62. The predicted octanol–water partition coefficient (Wildman–Crippen LogP) is 1.72. The van der Waals surface area contributed by atoms with Crippen molar-refractivity contribution in [3.63, 3.8) is 0 Å². The molecule has 2 aromatic rings. The lowest BCUT2D eigenvalue weighted by molar-refractivity contribution is -0.387. The monoisotopic (exact) mass is 236 g/mol. The number of benzene rings is 1. The summed E-state index contributed by atoms with van der Waals surface area (Å²) < 4.78 is 14.6. The van der Waals surface area contributed by atoms with Gasteiger partial charge < -0.3 is 5.73 Å². The van der Waals surface area contributed by atoms with Crippen molar-refractivity contribution in [1.82, 2.24) is 9.78 Å². The van der Waals surface area contributed by atoms with Crippen LogP contribution >= 0.6 is 0 Å². The van der Waals surface area contributed by atoms with Crippen LogP contribution < -0.4 is 5.73 Å². The molecule has 2 rings (SSSR count). The summed E-state index contributed by atoms with van der Waals surface area (Å²) in [7, 11) is 1.65. The van der Waals surface area contributed by atoms with Crippen molar-refractivity contribution in [1.29, 1.82) is 0 Å². The molecule has 1 aromatic carbocycles. The highest BCUT2D eigenvalue weighted by atomic mass is 19.1. The number of nitro groups is 1. The molecule has 0 amide bonds. The smallest absolute Gasteiger partial charge is 0.305 e. The molecule has 0 aliphatic rings. The van der Waals surface area contributed by atoms with E-state index in [2.05, 4.69) is 5.10 Å². The SMILES string of the molecule is Cn1ncc(N)c1-c1ccc(F)c([N+](=O)[O-])c1. The molecule has 0 atom stereocenters. The van der Waals surface area contributed by atoms with Crippen LogP contribution in [0, 0.1) is 15.9 Å². The lowest BCUT2D eigenvalue weighted by atomic mass is 10.1. The summed E-state index contributed by atoms with van der Waals surface area (Å²) in [5, 5.41) is 14.5. The highest BCUT2D eigenvalue weighted by molar-refractivity contribution is 5.74. The number of nitrogens with zero attached hydrogens (tertiary/aromatic N) is 3. The number of nitro benzene ring substituents is 1. The molecule has 0 saturated carbocycles. The number of nitrogen functional groups attached to an aromatic ring is 1. The van der Waals surface area contributed by atoms with Crippen LogP contribution in [-0.4, -0.2) is 14.7 Å². The molecule has 0 unspecified atom stereocenters. The zero-order valence-electron chi connectivity index (χ0n) is 8.92. The molecule has 0 spiro atoms. The van der Waals surface area contributed by atoms with E-state index in [4.69, 9.17) is 5.73 Å². The van der Waals surface area contributed by atoms with Gasteiger partial charge in [-0.1, -0.05) is 0 Å². The van der Waals surface area contributed by atoms with Crippen molar-refractivity contribution in [2.24, 2.45) is 7.05 Å². The fraction of sp³-hybridized carbons (Fsp3) is 0.100. The first-order valence-corrected chi connectivity index (χ1v) is 4.72. The Kier molecular flexibility index (Phi) is 2.51. The molecular weight excluding hydrogens is 227 g/mol. The number of rotatable bonds is 2. The van der Waals surface area contributed by atoms with Crippen LogP contribution in [-0.2, 0) is 7.05 Å². The maximum atomic E-state index is 13.2. The van der Waals surface area contributed by atoms with E-state index in [1.165, 1.54) is 16.9 Å². The van der Waals surface area contributed by atoms with E-state index in [9.17, 15) is 14.5 Å². The van der Waals surface area contributed by atoms with Gasteiger partial charge in [0.2, 0.25) is 5.82 Å². The third-order valence-electron chi connectivity index (χ3n) is 2.38. The van der Waals surface area contributed by atoms with Crippen LogP contribution in [0.5, 0.6) is 0 Å². The van der Waals surface area contributed by atoms with E-state index in [0.717, 1.165) is 12.1 Å². The molecule has 88 valence electrons. The topological polar surface area (TPSA) is 87.0 Å². The summed E-state index contributed by atoms with van der Waals surface area (Å²) in [5.74, 6) is -0.875. The van der Waals surface area contributed by atoms with Crippen LogP contribution in [0.1, 0.15) is 0 Å². The minimum Gasteiger partial charge on any atom is -0.396 e. The van der Waals surface area contributed by atoms with Gasteiger partial charge in [-0.2, -0.15) is 9.49 Å². The molecule has 2 N–H and O–H groups in total. The summed E-state index contributed by atoms with van der Waals surface area (Å²) in [6.45, 7) is 0. The molecule has 0 radical (unpaired) electrons. The Hall–Kier alpha value is -2.44. The van der Waals surface area contributed by atoms with Gasteiger partial charge in [-0.25, -0.2) is 0 Å². The standard InChI is InChI=1S/C10H9FN4O2/c1-14-10(8(12)5-13-14)6-2-3-7(11)9(4-6)15(16)17/h2-5H,12H2,1H3. The zero-order valence-corrected chi connectivity index (χ0v) is 8.92. The Morgan fingerprint density at radius 2 is 2.24 bits per heavy atom. The van der Waals surface area contributed by atoms with E-state index in [1.807, 2.05) is 0 Å². The van der Waals surface area contributed by atoms with Crippen molar-refractivity contribution in [2.75, 3.05) is 5.73 Å². The third-order valence-corrected chi connectivity index (χ3v) is 2.38. The fourth-order valence-electron chi connectivity index (χ4n) is 1.61. The van der Waals surface area contributed by atoms with Gasteiger partial charge in [-0.3, -0.25) is 14.8 Å². The van der Waals surface area contributed by atoms with Crippen molar-refractivity contribution < 1.29 is 9.31 Å². The number of hydrogen-bond donors (Lipinski definition) is 1. The van der Waals surface area contributed by atoms with Crippen LogP contribution in [0.15, 0.2) is 24.4 Å². The molecule has 0 saturated heterocycles. The summed E-state index contributed by atoms with van der Waals surface area (Å²) in [6, 6.07) is 3.61. The molecule has 0 fully saturated rings. The first kappa shape index (κ1) is 11.1. The second kappa shape index (κ2) is 3.85. The second-order valence-corrected chi connectivity index (χ2v) is 3.50. The Labute approximate surface area is 95.6 Å². The zero-order chi connectivity index (χ0) is 12.6. The maximum absolute atomic E-state index is 13.2. The van der Waals surface area contributed by atoms with Gasteiger partial charge in [0.25, 0.3) is 0 Å². The molecule has 1 heterocycles. The molecule has 7 heteroatoms. The van der Waals surface area contributed by atoms with E-state index < -0.39 is 16.4 Å². The minimum absolute atomic E-state index is 0.383. The molecule has 0 aliphatic heterocycles. The largest absolute Gasteiger partial charge is 0.396 e. The summed E-state index contributed by atoms with van der Waals surface area (Å²) in [5.41, 5.74) is 6.47. The predicted molar refractivity (Wildman–Crippen MR) is 59.7 cm³/mol. The summed E-state index contributed by atoms with van der Waals surface area (Å²) in [6.07, 6.45) is 1.44. The summed E-state index contributed by atoms with van der Waals surface area (Å²) in [4.78, 5) is 9.85. The molecular formula is C10H9FN4O2. The average Bonchev–Trinajstić information content (AvgIpc) is 2.59. The number of nitrogens with two attached hydrogens (primary N) is 1. The maximum Gasteiger partial charge on any atom is 0.305 e. The van der Waals surface area contributed by atoms with Gasteiger partial charge >= 0.3 is 5.69 Å². The lowest BCUT2D eigenvalue weighted by Crippen LogP contribution is -1.98. The van der Waals surface area contributed by atoms with E-state index >= 15 is 0 Å². The molecule has 17 heavy (non-hydrogen) atoms. The van der Waals surface area contributed by atoms with Crippen molar-refractivity contribution in [3.8, 4) is 11.3 Å². The van der Waals surface area contributed by atoms with Gasteiger partial charge in [0.15, 0.2) is 0 Å². The van der Waals surface area contributed by atoms with Gasteiger partial charge in [0, 0.05) is 18.7 Å². The van der Waals surface area contributed by atoms with Crippen LogP contribution in [0.4, 0.5) is 15.8 Å². The lowest BCUT2D eigenvalue weighted by Gasteiger charge is -2.04. The van der Waals surface area contributed by atoms with Crippen molar-refractivity contribution in [2.45, 2.75) is 0 Å². The Bertz CT molecular complexity index is 574. The summed E-state index contributed by atoms with van der Waals surface area (Å²) >= 11 is 0. The van der Waals surface area contributed by atoms with Gasteiger partial charge in [-0.05, 0) is 12.1 Å². The van der Waals surface area contributed by atoms with Crippen LogP contribution in [0.2, 0.25) is 0 Å². The fourth-order valence-corrected chi connectivity index (χ4v) is 1.61. The van der Waals surface area contributed by atoms with Crippen LogP contribution in [0.25, 0.3) is 11.3 Å². The van der Waals surface area contributed by atoms with E-state index in [-0.39, 0.29) is 0 Å². The number of hydrogen-bond acceptors (Lipinski definition) is 4. The molecule has 6 nitrogen and oxygen atoms in total. The quantitative estimate of drug-likeness (QED) is 0.635. The first-order chi connectivity index (χ1) is 8.00. The second-order valence-electron chi connectivity index (χ2n) is 3.50. The van der Waals surface area contributed by atoms with Crippen molar-refractivity contribution in [3.05, 3.63) is 40.3 Å². The number of aryl methyl sites for hydroxylation is 1. The molecule has 0 aliphatic carbocycles. The average molecular weight is 236 g/mol. The Morgan fingerprint density at radius 1 is 1.53 bits per heavy atom. The highest BCUT2D eigenvalue weighted by Gasteiger charge is 2.17. The third kappa shape index (κ3) is 1.82. The van der Waals surface area contributed by atoms with Crippen molar-refractivity contribution >= 4 is 11.4 Å². The van der Waals surface area contributed by atoms with E-state index in [0.29, 0.717) is 16.9 Å². The van der Waals surface area contributed by atoms with Gasteiger partial charge in [0.05, 0.1) is 22.5 Å².